The number of carboxylic acid groups (broad SMARTS) is 1. The largest absolute Gasteiger partial charge is 0.490 e. The van der Waals surface area contributed by atoms with Gasteiger partial charge in [0.15, 0.2) is 18.1 Å². The zero-order valence-electron chi connectivity index (χ0n) is 16.5. The van der Waals surface area contributed by atoms with E-state index in [4.69, 9.17) is 14.6 Å². The highest BCUT2D eigenvalue weighted by atomic mass is 16.5. The van der Waals surface area contributed by atoms with Crippen LogP contribution in [0.15, 0.2) is 48.5 Å². The summed E-state index contributed by atoms with van der Waals surface area (Å²) in [7, 11) is 0. The standard InChI is InChI=1S/C22H27NO5/c1-4-27-19-12-17(10-11-18(19)28-14-20(24)25)21(26)23-15-22(2,3)13-16-8-6-5-7-9-16/h5-12H,4,13-15H2,1-3H3,(H,23,26)(H,24,25). The Morgan fingerprint density at radius 1 is 1.04 bits per heavy atom. The van der Waals surface area contributed by atoms with E-state index in [0.717, 1.165) is 6.42 Å². The van der Waals surface area contributed by atoms with Gasteiger partial charge in [-0.1, -0.05) is 44.2 Å². The third-order valence-electron chi connectivity index (χ3n) is 4.11. The first-order valence-corrected chi connectivity index (χ1v) is 9.24. The molecule has 2 N–H and O–H groups in total. The second-order valence-corrected chi connectivity index (χ2v) is 7.29. The van der Waals surface area contributed by atoms with E-state index in [9.17, 15) is 9.59 Å². The van der Waals surface area contributed by atoms with E-state index in [1.165, 1.54) is 5.56 Å². The molecule has 0 aliphatic rings. The van der Waals surface area contributed by atoms with Gasteiger partial charge in [-0.25, -0.2) is 4.79 Å². The van der Waals surface area contributed by atoms with Gasteiger partial charge in [0, 0.05) is 12.1 Å². The van der Waals surface area contributed by atoms with Gasteiger partial charge < -0.3 is 19.9 Å². The molecule has 2 rings (SSSR count). The quantitative estimate of drug-likeness (QED) is 0.653. The van der Waals surface area contributed by atoms with Crippen LogP contribution >= 0.6 is 0 Å². The number of nitrogens with one attached hydrogen (secondary N) is 1. The predicted molar refractivity (Wildman–Crippen MR) is 107 cm³/mol. The molecule has 28 heavy (non-hydrogen) atoms. The summed E-state index contributed by atoms with van der Waals surface area (Å²) in [5, 5.41) is 11.7. The van der Waals surface area contributed by atoms with E-state index in [1.54, 1.807) is 25.1 Å². The Balaban J connectivity index is 2.02. The summed E-state index contributed by atoms with van der Waals surface area (Å²) >= 11 is 0. The van der Waals surface area contributed by atoms with Gasteiger partial charge in [0.05, 0.1) is 6.61 Å². The molecule has 1 amide bonds. The summed E-state index contributed by atoms with van der Waals surface area (Å²) < 4.78 is 10.7. The molecule has 0 unspecified atom stereocenters. The highest BCUT2D eigenvalue weighted by Crippen LogP contribution is 2.29. The van der Waals surface area contributed by atoms with Crippen molar-refractivity contribution in [3.63, 3.8) is 0 Å². The van der Waals surface area contributed by atoms with E-state index >= 15 is 0 Å². The van der Waals surface area contributed by atoms with Crippen LogP contribution in [0.2, 0.25) is 0 Å². The van der Waals surface area contributed by atoms with Crippen LogP contribution in [-0.4, -0.2) is 36.7 Å². The van der Waals surface area contributed by atoms with Crippen molar-refractivity contribution < 1.29 is 24.2 Å². The molecule has 0 heterocycles. The van der Waals surface area contributed by atoms with Crippen molar-refractivity contribution in [1.82, 2.24) is 5.32 Å². The first kappa shape index (κ1) is 21.3. The van der Waals surface area contributed by atoms with Crippen LogP contribution in [0.25, 0.3) is 0 Å². The molecule has 0 aliphatic heterocycles. The number of aliphatic carboxylic acids is 1. The monoisotopic (exact) mass is 385 g/mol. The lowest BCUT2D eigenvalue weighted by Crippen LogP contribution is -2.35. The van der Waals surface area contributed by atoms with E-state index in [-0.39, 0.29) is 11.3 Å². The molecule has 0 spiro atoms. The van der Waals surface area contributed by atoms with E-state index in [0.29, 0.717) is 30.2 Å². The maximum Gasteiger partial charge on any atom is 0.341 e. The highest BCUT2D eigenvalue weighted by Gasteiger charge is 2.20. The Morgan fingerprint density at radius 2 is 1.75 bits per heavy atom. The van der Waals surface area contributed by atoms with Crippen LogP contribution in [0, 0.1) is 5.41 Å². The average Bonchev–Trinajstić information content (AvgIpc) is 2.65. The lowest BCUT2D eigenvalue weighted by atomic mass is 9.85. The molecule has 0 saturated carbocycles. The second kappa shape index (κ2) is 9.78. The second-order valence-electron chi connectivity index (χ2n) is 7.29. The minimum absolute atomic E-state index is 0.107. The zero-order valence-corrected chi connectivity index (χ0v) is 16.5. The molecular weight excluding hydrogens is 358 g/mol. The molecule has 2 aromatic rings. The SMILES string of the molecule is CCOc1cc(C(=O)NCC(C)(C)Cc2ccccc2)ccc1OCC(=O)O. The third-order valence-corrected chi connectivity index (χ3v) is 4.11. The fourth-order valence-electron chi connectivity index (χ4n) is 2.81. The molecule has 0 radical (unpaired) electrons. The Labute approximate surface area is 165 Å². The maximum atomic E-state index is 12.6. The number of rotatable bonds is 10. The Bertz CT molecular complexity index is 802. The van der Waals surface area contributed by atoms with Crippen LogP contribution in [-0.2, 0) is 11.2 Å². The van der Waals surface area contributed by atoms with Gasteiger partial charge in [-0.3, -0.25) is 4.79 Å². The Morgan fingerprint density at radius 3 is 2.39 bits per heavy atom. The zero-order chi connectivity index (χ0) is 20.6. The minimum Gasteiger partial charge on any atom is -0.490 e. The Kier molecular flexibility index (Phi) is 7.44. The van der Waals surface area contributed by atoms with Crippen molar-refractivity contribution in [2.45, 2.75) is 27.2 Å². The smallest absolute Gasteiger partial charge is 0.341 e. The van der Waals surface area contributed by atoms with Crippen molar-refractivity contribution in [3.05, 3.63) is 59.7 Å². The van der Waals surface area contributed by atoms with Crippen LogP contribution < -0.4 is 14.8 Å². The number of carbonyl (C=O) groups excluding carboxylic acids is 1. The molecule has 0 saturated heterocycles. The molecule has 150 valence electrons. The topological polar surface area (TPSA) is 84.9 Å². The van der Waals surface area contributed by atoms with Crippen molar-refractivity contribution in [3.8, 4) is 11.5 Å². The molecule has 6 nitrogen and oxygen atoms in total. The summed E-state index contributed by atoms with van der Waals surface area (Å²) in [5.74, 6) is -0.651. The van der Waals surface area contributed by atoms with Crippen LogP contribution in [0.1, 0.15) is 36.7 Å². The molecule has 0 bridgehead atoms. The van der Waals surface area contributed by atoms with Crippen LogP contribution in [0.5, 0.6) is 11.5 Å². The van der Waals surface area contributed by atoms with Crippen molar-refractivity contribution in [1.29, 1.82) is 0 Å². The number of benzene rings is 2. The predicted octanol–water partition coefficient (Wildman–Crippen LogP) is 3.55. The molecule has 0 aromatic heterocycles. The highest BCUT2D eigenvalue weighted by molar-refractivity contribution is 5.94. The molecule has 2 aromatic carbocycles. The molecular formula is C22H27NO5. The van der Waals surface area contributed by atoms with Gasteiger partial charge in [0.1, 0.15) is 0 Å². The fraction of sp³-hybridized carbons (Fsp3) is 0.364. The molecule has 0 atom stereocenters. The third kappa shape index (κ3) is 6.61. The van der Waals surface area contributed by atoms with Gasteiger partial charge in [-0.15, -0.1) is 0 Å². The van der Waals surface area contributed by atoms with Crippen LogP contribution in [0.3, 0.4) is 0 Å². The van der Waals surface area contributed by atoms with Gasteiger partial charge >= 0.3 is 5.97 Å². The van der Waals surface area contributed by atoms with E-state index < -0.39 is 12.6 Å². The lowest BCUT2D eigenvalue weighted by molar-refractivity contribution is -0.139. The first-order chi connectivity index (χ1) is 13.3. The number of carboxylic acids is 1. The summed E-state index contributed by atoms with van der Waals surface area (Å²) in [6.45, 7) is 6.43. The lowest BCUT2D eigenvalue weighted by Gasteiger charge is -2.25. The number of hydrogen-bond acceptors (Lipinski definition) is 4. The van der Waals surface area contributed by atoms with Crippen molar-refractivity contribution in [2.24, 2.45) is 5.41 Å². The summed E-state index contributed by atoms with van der Waals surface area (Å²) in [5.41, 5.74) is 1.55. The van der Waals surface area contributed by atoms with Crippen LogP contribution in [0.4, 0.5) is 0 Å². The van der Waals surface area contributed by atoms with Gasteiger partial charge in [-0.2, -0.15) is 0 Å². The summed E-state index contributed by atoms with van der Waals surface area (Å²) in [4.78, 5) is 23.3. The van der Waals surface area contributed by atoms with Crippen molar-refractivity contribution in [2.75, 3.05) is 19.8 Å². The first-order valence-electron chi connectivity index (χ1n) is 9.24. The van der Waals surface area contributed by atoms with Gasteiger partial charge in [-0.05, 0) is 42.5 Å². The summed E-state index contributed by atoms with van der Waals surface area (Å²) in [6.07, 6.45) is 0.848. The van der Waals surface area contributed by atoms with Crippen molar-refractivity contribution >= 4 is 11.9 Å². The van der Waals surface area contributed by atoms with Gasteiger partial charge in [0.2, 0.25) is 0 Å². The van der Waals surface area contributed by atoms with E-state index in [1.807, 2.05) is 18.2 Å². The van der Waals surface area contributed by atoms with Gasteiger partial charge in [0.25, 0.3) is 5.91 Å². The molecule has 0 fully saturated rings. The molecule has 0 aliphatic carbocycles. The normalized spacial score (nSPS) is 11.0. The number of carbonyl (C=O) groups is 2. The summed E-state index contributed by atoms with van der Waals surface area (Å²) in [6, 6.07) is 14.9. The number of ether oxygens (including phenoxy) is 2. The minimum atomic E-state index is -1.08. The number of amides is 1. The molecule has 6 heteroatoms. The Hall–Kier alpha value is -3.02. The fourth-order valence-corrected chi connectivity index (χ4v) is 2.81. The average molecular weight is 385 g/mol. The number of hydrogen-bond donors (Lipinski definition) is 2. The van der Waals surface area contributed by atoms with E-state index in [2.05, 4.69) is 31.3 Å². The maximum absolute atomic E-state index is 12.6.